The maximum absolute atomic E-state index is 2.66. The number of thiophene rings is 1. The number of rotatable bonds is 1. The number of aromatic nitrogens is 1. The second-order valence-corrected chi connectivity index (χ2v) is 14.3. The van der Waals surface area contributed by atoms with Gasteiger partial charge in [-0.15, -0.1) is 11.3 Å². The average molecular weight is 625 g/mol. The van der Waals surface area contributed by atoms with E-state index < -0.39 is 0 Å². The quantitative estimate of drug-likeness (QED) is 0.165. The molecule has 4 heteroatoms. The summed E-state index contributed by atoms with van der Waals surface area (Å²) in [6.45, 7) is 0.0261. The van der Waals surface area contributed by atoms with Crippen LogP contribution in [0.3, 0.4) is 0 Å². The Labute approximate surface area is 280 Å². The summed E-state index contributed by atoms with van der Waals surface area (Å²) in [6, 6.07) is 56.8. The number of anilines is 3. The van der Waals surface area contributed by atoms with E-state index >= 15 is 0 Å². The summed E-state index contributed by atoms with van der Waals surface area (Å²) >= 11 is 1.94. The standard InChI is InChI=1S/C44H25BN2S/c1-2-11-27-22-30(21-20-26(27)10-1)46-38-24-29-13-4-3-12-28(29)23-36(38)45-42-39(46)25-35-32-15-6-8-19-40(32)48-44(35)41(42)34-17-9-16-33-31-14-5-7-18-37(31)47(45)43(33)34/h1-25H. The fourth-order valence-corrected chi connectivity index (χ4v) is 10.2. The molecule has 0 radical (unpaired) electrons. The van der Waals surface area contributed by atoms with Crippen LogP contribution in [0, 0.1) is 0 Å². The van der Waals surface area contributed by atoms with Gasteiger partial charge in [-0.3, -0.25) is 0 Å². The lowest BCUT2D eigenvalue weighted by Gasteiger charge is -2.41. The van der Waals surface area contributed by atoms with Crippen molar-refractivity contribution >= 4 is 110 Å². The summed E-state index contributed by atoms with van der Waals surface area (Å²) in [5, 5.41) is 10.3. The van der Waals surface area contributed by atoms with Crippen molar-refractivity contribution in [2.75, 3.05) is 4.90 Å². The van der Waals surface area contributed by atoms with E-state index in [0.29, 0.717) is 0 Å². The SMILES string of the molecule is c1ccc2cc(N3c4cc5ccccc5cc4B4c5c3cc3c(sc6ccccc63)c5-c3cccc5c6ccccc6n4c35)ccc2c1. The van der Waals surface area contributed by atoms with E-state index in [4.69, 9.17) is 0 Å². The molecule has 0 fully saturated rings. The molecule has 0 unspecified atom stereocenters. The molecule has 2 aliphatic rings. The molecule has 2 aromatic heterocycles. The minimum absolute atomic E-state index is 0.0261. The maximum atomic E-state index is 2.66. The van der Waals surface area contributed by atoms with E-state index in [0.717, 1.165) is 0 Å². The second kappa shape index (κ2) is 8.94. The van der Waals surface area contributed by atoms with Crippen LogP contribution in [0.15, 0.2) is 152 Å². The monoisotopic (exact) mass is 624 g/mol. The van der Waals surface area contributed by atoms with Gasteiger partial charge in [0.1, 0.15) is 0 Å². The fraction of sp³-hybridized carbons (Fsp3) is 0. The first-order chi connectivity index (χ1) is 23.8. The molecule has 8 aromatic carbocycles. The first kappa shape index (κ1) is 25.3. The van der Waals surface area contributed by atoms with Crippen molar-refractivity contribution in [2.24, 2.45) is 0 Å². The number of benzene rings is 8. The predicted molar refractivity (Wildman–Crippen MR) is 208 cm³/mol. The topological polar surface area (TPSA) is 8.17 Å². The van der Waals surface area contributed by atoms with Crippen LogP contribution in [0.1, 0.15) is 0 Å². The first-order valence-electron chi connectivity index (χ1n) is 16.6. The maximum Gasteiger partial charge on any atom is 0.333 e. The zero-order valence-electron chi connectivity index (χ0n) is 25.8. The van der Waals surface area contributed by atoms with Gasteiger partial charge in [0.05, 0.1) is 0 Å². The van der Waals surface area contributed by atoms with Crippen LogP contribution in [-0.4, -0.2) is 11.3 Å². The lowest BCUT2D eigenvalue weighted by atomic mass is 9.45. The molecule has 4 heterocycles. The van der Waals surface area contributed by atoms with Gasteiger partial charge in [0, 0.05) is 70.2 Å². The van der Waals surface area contributed by atoms with Gasteiger partial charge < -0.3 is 9.38 Å². The van der Waals surface area contributed by atoms with Crippen LogP contribution in [0.2, 0.25) is 0 Å². The highest BCUT2D eigenvalue weighted by atomic mass is 32.1. The number of nitrogens with zero attached hydrogens (tertiary/aromatic N) is 2. The molecule has 0 bridgehead atoms. The van der Waals surface area contributed by atoms with E-state index in [9.17, 15) is 0 Å². The molecule has 220 valence electrons. The largest absolute Gasteiger partial charge is 0.375 e. The van der Waals surface area contributed by atoms with Crippen LogP contribution in [0.5, 0.6) is 0 Å². The second-order valence-electron chi connectivity index (χ2n) is 13.3. The molecular weight excluding hydrogens is 599 g/mol. The van der Waals surface area contributed by atoms with Crippen molar-refractivity contribution in [3.8, 4) is 11.1 Å². The Bertz CT molecular complexity index is 3040. The Morgan fingerprint density at radius 2 is 1.21 bits per heavy atom. The van der Waals surface area contributed by atoms with E-state index in [-0.39, 0.29) is 6.85 Å². The summed E-state index contributed by atoms with van der Waals surface area (Å²) < 4.78 is 5.38. The van der Waals surface area contributed by atoms with Crippen LogP contribution in [-0.2, 0) is 0 Å². The van der Waals surface area contributed by atoms with Gasteiger partial charge in [0.2, 0.25) is 0 Å². The van der Waals surface area contributed by atoms with E-state index in [1.165, 1.54) is 103 Å². The Balaban J connectivity index is 1.33. The number of fused-ring (bicyclic) bond motifs is 13. The molecule has 0 saturated heterocycles. The summed E-state index contributed by atoms with van der Waals surface area (Å²) in [6.07, 6.45) is 0. The third-order valence-electron chi connectivity index (χ3n) is 10.9. The van der Waals surface area contributed by atoms with Gasteiger partial charge in [-0.1, -0.05) is 115 Å². The van der Waals surface area contributed by atoms with Crippen molar-refractivity contribution in [3.05, 3.63) is 152 Å². The van der Waals surface area contributed by atoms with Crippen molar-refractivity contribution < 1.29 is 0 Å². The summed E-state index contributed by atoms with van der Waals surface area (Å²) in [5.74, 6) is 0. The smallest absolute Gasteiger partial charge is 0.333 e. The highest BCUT2D eigenvalue weighted by molar-refractivity contribution is 7.26. The van der Waals surface area contributed by atoms with Gasteiger partial charge in [-0.05, 0) is 68.9 Å². The van der Waals surface area contributed by atoms with E-state index in [1.807, 2.05) is 11.3 Å². The molecule has 0 spiro atoms. The molecule has 48 heavy (non-hydrogen) atoms. The highest BCUT2D eigenvalue weighted by Gasteiger charge is 2.44. The molecule has 0 aliphatic carbocycles. The van der Waals surface area contributed by atoms with Gasteiger partial charge >= 0.3 is 6.85 Å². The van der Waals surface area contributed by atoms with Crippen LogP contribution < -0.4 is 15.8 Å². The molecule has 2 nitrogen and oxygen atoms in total. The van der Waals surface area contributed by atoms with Crippen molar-refractivity contribution in [2.45, 2.75) is 0 Å². The number of para-hydroxylation sites is 2. The van der Waals surface area contributed by atoms with Crippen molar-refractivity contribution in [3.63, 3.8) is 0 Å². The van der Waals surface area contributed by atoms with E-state index in [1.54, 1.807) is 0 Å². The fourth-order valence-electron chi connectivity index (χ4n) is 8.92. The Hall–Kier alpha value is -5.84. The Morgan fingerprint density at radius 1 is 0.500 bits per heavy atom. The summed E-state index contributed by atoms with van der Waals surface area (Å²) in [4.78, 5) is 2.56. The molecule has 12 rings (SSSR count). The molecular formula is C44H25BN2S. The zero-order chi connectivity index (χ0) is 31.1. The minimum Gasteiger partial charge on any atom is -0.375 e. The van der Waals surface area contributed by atoms with Gasteiger partial charge in [0.25, 0.3) is 0 Å². The lowest BCUT2D eigenvalue weighted by molar-refractivity contribution is 1.27. The first-order valence-corrected chi connectivity index (χ1v) is 17.5. The van der Waals surface area contributed by atoms with Crippen molar-refractivity contribution in [1.29, 1.82) is 0 Å². The van der Waals surface area contributed by atoms with E-state index in [2.05, 4.69) is 161 Å². The molecule has 0 amide bonds. The normalized spacial score (nSPS) is 13.3. The van der Waals surface area contributed by atoms with Crippen LogP contribution in [0.4, 0.5) is 17.1 Å². The molecule has 10 aromatic rings. The number of hydrogen-bond acceptors (Lipinski definition) is 2. The molecule has 0 saturated carbocycles. The predicted octanol–water partition coefficient (Wildman–Crippen LogP) is 10.9. The van der Waals surface area contributed by atoms with Crippen molar-refractivity contribution in [1.82, 2.24) is 4.48 Å². The Kier molecular flexibility index (Phi) is 4.71. The highest BCUT2D eigenvalue weighted by Crippen LogP contribution is 2.50. The minimum atomic E-state index is 0.0261. The summed E-state index contributed by atoms with van der Waals surface area (Å²) in [5.41, 5.74) is 11.8. The van der Waals surface area contributed by atoms with Gasteiger partial charge in [0.15, 0.2) is 0 Å². The summed E-state index contributed by atoms with van der Waals surface area (Å²) in [7, 11) is 0. The molecule has 0 N–H and O–H groups in total. The zero-order valence-corrected chi connectivity index (χ0v) is 26.6. The lowest BCUT2D eigenvalue weighted by Crippen LogP contribution is -2.56. The van der Waals surface area contributed by atoms with Crippen LogP contribution >= 0.6 is 11.3 Å². The molecule has 0 atom stereocenters. The van der Waals surface area contributed by atoms with Gasteiger partial charge in [-0.2, -0.15) is 0 Å². The van der Waals surface area contributed by atoms with Crippen LogP contribution in [0.25, 0.3) is 74.6 Å². The average Bonchev–Trinajstić information content (AvgIpc) is 3.68. The molecule has 2 aliphatic heterocycles. The van der Waals surface area contributed by atoms with Gasteiger partial charge in [-0.25, -0.2) is 0 Å². The Morgan fingerprint density at radius 3 is 2.08 bits per heavy atom. The number of hydrogen-bond donors (Lipinski definition) is 0. The third kappa shape index (κ3) is 3.09. The third-order valence-corrected chi connectivity index (χ3v) is 12.1.